The van der Waals surface area contributed by atoms with Gasteiger partial charge in [-0.3, -0.25) is 4.79 Å². The highest BCUT2D eigenvalue weighted by molar-refractivity contribution is 6.06. The van der Waals surface area contributed by atoms with Crippen LogP contribution in [0.3, 0.4) is 0 Å². The number of benzene rings is 2. The van der Waals surface area contributed by atoms with Crippen LogP contribution in [0.2, 0.25) is 0 Å². The highest BCUT2D eigenvalue weighted by Crippen LogP contribution is 2.36. The van der Waals surface area contributed by atoms with Crippen molar-refractivity contribution in [3.63, 3.8) is 0 Å². The number of hydrogen-bond acceptors (Lipinski definition) is 2. The summed E-state index contributed by atoms with van der Waals surface area (Å²) in [5.74, 6) is -0.402. The molecule has 0 radical (unpaired) electrons. The van der Waals surface area contributed by atoms with E-state index in [0.717, 1.165) is 50.0 Å². The second-order valence-corrected chi connectivity index (χ2v) is 6.55. The number of halogens is 3. The molecule has 2 aromatic rings. The fraction of sp³-hybridized carbons (Fsp3) is 0.350. The number of amides is 1. The second-order valence-electron chi connectivity index (χ2n) is 6.55. The summed E-state index contributed by atoms with van der Waals surface area (Å²) >= 11 is 0. The molecule has 1 amide bonds. The number of alkyl halides is 3. The van der Waals surface area contributed by atoms with E-state index in [2.05, 4.69) is 5.32 Å². The fourth-order valence-electron chi connectivity index (χ4n) is 3.24. The van der Waals surface area contributed by atoms with E-state index in [9.17, 15) is 18.0 Å². The Hall–Kier alpha value is -2.50. The molecule has 0 atom stereocenters. The van der Waals surface area contributed by atoms with Crippen molar-refractivity contribution < 1.29 is 18.0 Å². The zero-order chi connectivity index (χ0) is 18.7. The predicted molar refractivity (Wildman–Crippen MR) is 96.6 cm³/mol. The summed E-state index contributed by atoms with van der Waals surface area (Å²) in [6.45, 7) is 3.35. The molecule has 6 heteroatoms. The number of rotatable bonds is 3. The number of nitrogens with zero attached hydrogens (tertiary/aromatic N) is 1. The zero-order valence-corrected chi connectivity index (χ0v) is 14.6. The molecule has 1 saturated heterocycles. The van der Waals surface area contributed by atoms with Crippen LogP contribution in [0, 0.1) is 6.92 Å². The largest absolute Gasteiger partial charge is 0.416 e. The summed E-state index contributed by atoms with van der Waals surface area (Å²) in [4.78, 5) is 14.7. The van der Waals surface area contributed by atoms with Crippen molar-refractivity contribution in [1.82, 2.24) is 0 Å². The summed E-state index contributed by atoms with van der Waals surface area (Å²) in [6.07, 6.45) is -1.36. The van der Waals surface area contributed by atoms with Crippen molar-refractivity contribution >= 4 is 17.3 Å². The summed E-state index contributed by atoms with van der Waals surface area (Å²) in [5.41, 5.74) is 1.30. The van der Waals surface area contributed by atoms with Gasteiger partial charge >= 0.3 is 6.18 Å². The molecule has 1 heterocycles. The lowest BCUT2D eigenvalue weighted by Gasteiger charge is -2.31. The molecule has 3 rings (SSSR count). The standard InChI is InChI=1S/C20H21F3N2O/c1-14-7-3-4-8-16(14)19(26)24-17-13-15(20(21,22)23)9-10-18(17)25-11-5-2-6-12-25/h3-4,7-10,13H,2,5-6,11-12H2,1H3,(H,24,26). The molecule has 0 saturated carbocycles. The molecule has 1 aliphatic rings. The van der Waals surface area contributed by atoms with Crippen LogP contribution >= 0.6 is 0 Å². The van der Waals surface area contributed by atoms with Crippen LogP contribution < -0.4 is 10.2 Å². The Morgan fingerprint density at radius 2 is 1.73 bits per heavy atom. The first-order chi connectivity index (χ1) is 12.4. The first-order valence-electron chi connectivity index (χ1n) is 8.69. The average molecular weight is 362 g/mol. The van der Waals surface area contributed by atoms with Gasteiger partial charge in [0, 0.05) is 18.7 Å². The Morgan fingerprint density at radius 3 is 2.38 bits per heavy atom. The van der Waals surface area contributed by atoms with E-state index in [0.29, 0.717) is 11.3 Å². The van der Waals surface area contributed by atoms with Crippen LogP contribution in [0.15, 0.2) is 42.5 Å². The van der Waals surface area contributed by atoms with E-state index in [1.54, 1.807) is 25.1 Å². The summed E-state index contributed by atoms with van der Waals surface area (Å²) < 4.78 is 39.4. The number of nitrogens with one attached hydrogen (secondary N) is 1. The van der Waals surface area contributed by atoms with E-state index < -0.39 is 17.6 Å². The molecular weight excluding hydrogens is 341 g/mol. The van der Waals surface area contributed by atoms with E-state index in [-0.39, 0.29) is 5.69 Å². The Balaban J connectivity index is 1.96. The van der Waals surface area contributed by atoms with E-state index in [1.165, 1.54) is 6.07 Å². The van der Waals surface area contributed by atoms with Gasteiger partial charge in [0.1, 0.15) is 0 Å². The van der Waals surface area contributed by atoms with Crippen LogP contribution in [0.4, 0.5) is 24.5 Å². The summed E-state index contributed by atoms with van der Waals surface area (Å²) in [5, 5.41) is 2.70. The van der Waals surface area contributed by atoms with Crippen molar-refractivity contribution in [3.8, 4) is 0 Å². The maximum Gasteiger partial charge on any atom is 0.416 e. The number of hydrogen-bond donors (Lipinski definition) is 1. The number of aryl methyl sites for hydroxylation is 1. The van der Waals surface area contributed by atoms with Crippen molar-refractivity contribution in [3.05, 3.63) is 59.2 Å². The minimum atomic E-state index is -4.46. The lowest BCUT2D eigenvalue weighted by Crippen LogP contribution is -2.30. The van der Waals surface area contributed by atoms with Crippen LogP contribution in [0.1, 0.15) is 40.7 Å². The number of carbonyl (C=O) groups is 1. The smallest absolute Gasteiger partial charge is 0.370 e. The highest BCUT2D eigenvalue weighted by atomic mass is 19.4. The molecule has 0 bridgehead atoms. The molecule has 0 spiro atoms. The van der Waals surface area contributed by atoms with E-state index >= 15 is 0 Å². The van der Waals surface area contributed by atoms with Crippen LogP contribution in [-0.2, 0) is 6.18 Å². The average Bonchev–Trinajstić information content (AvgIpc) is 2.62. The molecule has 2 aromatic carbocycles. The SMILES string of the molecule is Cc1ccccc1C(=O)Nc1cc(C(F)(F)F)ccc1N1CCCCC1. The third-order valence-corrected chi connectivity index (χ3v) is 4.66. The van der Waals surface area contributed by atoms with E-state index in [4.69, 9.17) is 0 Å². The van der Waals surface area contributed by atoms with Gasteiger partial charge in [-0.2, -0.15) is 13.2 Å². The number of anilines is 2. The lowest BCUT2D eigenvalue weighted by atomic mass is 10.1. The van der Waals surface area contributed by atoms with Crippen LogP contribution in [-0.4, -0.2) is 19.0 Å². The quantitative estimate of drug-likeness (QED) is 0.808. The number of carbonyl (C=O) groups excluding carboxylic acids is 1. The third kappa shape index (κ3) is 4.00. The van der Waals surface area contributed by atoms with Gasteiger partial charge in [-0.25, -0.2) is 0 Å². The minimum absolute atomic E-state index is 0.204. The molecule has 26 heavy (non-hydrogen) atoms. The van der Waals surface area contributed by atoms with Crippen molar-refractivity contribution in [2.45, 2.75) is 32.4 Å². The first-order valence-corrected chi connectivity index (χ1v) is 8.69. The monoisotopic (exact) mass is 362 g/mol. The molecule has 3 nitrogen and oxygen atoms in total. The fourth-order valence-corrected chi connectivity index (χ4v) is 3.24. The Labute approximate surface area is 150 Å². The third-order valence-electron chi connectivity index (χ3n) is 4.66. The Morgan fingerprint density at radius 1 is 1.04 bits per heavy atom. The van der Waals surface area contributed by atoms with Crippen molar-refractivity contribution in [2.24, 2.45) is 0 Å². The molecular formula is C20H21F3N2O. The molecule has 0 aromatic heterocycles. The van der Waals surface area contributed by atoms with Gasteiger partial charge < -0.3 is 10.2 Å². The topological polar surface area (TPSA) is 32.3 Å². The minimum Gasteiger partial charge on any atom is -0.370 e. The molecule has 1 N–H and O–H groups in total. The lowest BCUT2D eigenvalue weighted by molar-refractivity contribution is -0.137. The highest BCUT2D eigenvalue weighted by Gasteiger charge is 2.32. The van der Waals surface area contributed by atoms with Gasteiger partial charge in [-0.05, 0) is 56.0 Å². The number of piperidine rings is 1. The maximum atomic E-state index is 13.1. The maximum absolute atomic E-state index is 13.1. The van der Waals surface area contributed by atoms with Gasteiger partial charge in [0.25, 0.3) is 5.91 Å². The van der Waals surface area contributed by atoms with Gasteiger partial charge in [-0.1, -0.05) is 18.2 Å². The molecule has 1 aliphatic heterocycles. The first kappa shape index (κ1) is 18.3. The summed E-state index contributed by atoms with van der Waals surface area (Å²) in [6, 6.07) is 10.6. The molecule has 1 fully saturated rings. The predicted octanol–water partition coefficient (Wildman–Crippen LogP) is 5.26. The van der Waals surface area contributed by atoms with E-state index in [1.807, 2.05) is 11.0 Å². The van der Waals surface area contributed by atoms with Gasteiger partial charge in [-0.15, -0.1) is 0 Å². The van der Waals surface area contributed by atoms with Gasteiger partial charge in [0.15, 0.2) is 0 Å². The van der Waals surface area contributed by atoms with Crippen LogP contribution in [0.5, 0.6) is 0 Å². The van der Waals surface area contributed by atoms with Gasteiger partial charge in [0.05, 0.1) is 16.9 Å². The molecule has 138 valence electrons. The normalized spacial score (nSPS) is 15.0. The molecule has 0 aliphatic carbocycles. The molecule has 0 unspecified atom stereocenters. The zero-order valence-electron chi connectivity index (χ0n) is 14.6. The van der Waals surface area contributed by atoms with Crippen molar-refractivity contribution in [1.29, 1.82) is 0 Å². The Bertz CT molecular complexity index is 796. The van der Waals surface area contributed by atoms with Gasteiger partial charge in [0.2, 0.25) is 0 Å². The Kier molecular flexibility index (Phi) is 5.20. The van der Waals surface area contributed by atoms with Crippen LogP contribution in [0.25, 0.3) is 0 Å². The van der Waals surface area contributed by atoms with Crippen molar-refractivity contribution in [2.75, 3.05) is 23.3 Å². The summed E-state index contributed by atoms with van der Waals surface area (Å²) in [7, 11) is 0. The second kappa shape index (κ2) is 7.40.